The second-order valence-corrected chi connectivity index (χ2v) is 43.4. The van der Waals surface area contributed by atoms with Crippen LogP contribution in [0.3, 0.4) is 0 Å². The summed E-state index contributed by atoms with van der Waals surface area (Å²) in [5.74, 6) is 0. The molecule has 43 heavy (non-hydrogen) atoms. The molecule has 0 spiro atoms. The van der Waals surface area contributed by atoms with Crippen LogP contribution in [-0.2, 0) is 216 Å². The van der Waals surface area contributed by atoms with Crippen LogP contribution in [0, 0.1) is 0 Å². The molecule has 2 saturated heterocycles. The zero-order valence-corrected chi connectivity index (χ0v) is 40.2. The molecule has 0 aliphatic carbocycles. The van der Waals surface area contributed by atoms with Gasteiger partial charge in [-0.3, -0.25) is 0 Å². The van der Waals surface area contributed by atoms with E-state index in [2.05, 4.69) is 59.7 Å². The van der Waals surface area contributed by atoms with Gasteiger partial charge in [-0.2, -0.15) is 0 Å². The smallest absolute Gasteiger partial charge is 0.399 e. The third-order valence-electron chi connectivity index (χ3n) is 6.74. The number of fused-ring (bicyclic) bond motifs is 5. The number of hydrogen-bond donors (Lipinski definition) is 0. The van der Waals surface area contributed by atoms with Crippen LogP contribution >= 0.6 is 0 Å². The molecule has 2 bridgehead atoms. The van der Waals surface area contributed by atoms with E-state index >= 15 is 0 Å². The van der Waals surface area contributed by atoms with Crippen molar-refractivity contribution in [3.8, 4) is 0 Å². The first kappa shape index (κ1) is 41.2. The highest BCUT2D eigenvalue weighted by atomic mass is 33.5. The molecule has 2 atom stereocenters. The summed E-state index contributed by atoms with van der Waals surface area (Å²) in [6, 6.07) is 6.58. The predicted molar refractivity (Wildman–Crippen MR) is 242 cm³/mol. The summed E-state index contributed by atoms with van der Waals surface area (Å²) < 4.78 is 18.7. The Labute approximate surface area is 318 Å². The summed E-state index contributed by atoms with van der Waals surface area (Å²) in [6.45, 7) is 12.8. The largest absolute Gasteiger partial charge is 0.494 e. The van der Waals surface area contributed by atoms with E-state index < -0.39 is 0 Å². The van der Waals surface area contributed by atoms with Crippen LogP contribution in [-0.4, -0.2) is 18.3 Å². The lowest BCUT2D eigenvalue weighted by Gasteiger charge is -2.32. The molecule has 3 aliphatic rings. The molecule has 2 fully saturated rings. The third kappa shape index (κ3) is 12.8. The number of ether oxygens (including phenoxy) is 1. The zero-order valence-electron chi connectivity index (χ0n) is 23.0. The van der Waals surface area contributed by atoms with Gasteiger partial charge in [-0.15, -0.1) is 0 Å². The van der Waals surface area contributed by atoms with Gasteiger partial charge in [0.15, 0.2) is 0 Å². The van der Waals surface area contributed by atoms with Crippen molar-refractivity contribution in [1.82, 2.24) is 0 Å². The molecule has 4 rings (SSSR count). The Bertz CT molecular complexity index is 1990. The van der Waals surface area contributed by atoms with Crippen LogP contribution in [0.25, 0.3) is 0 Å². The van der Waals surface area contributed by atoms with Gasteiger partial charge in [0.2, 0.25) is 0 Å². The van der Waals surface area contributed by atoms with Crippen molar-refractivity contribution in [1.29, 1.82) is 0 Å². The molecule has 2 unspecified atom stereocenters. The molecule has 0 radical (unpaired) electrons. The van der Waals surface area contributed by atoms with Crippen LogP contribution in [0.15, 0.2) is 18.2 Å². The van der Waals surface area contributed by atoms with Crippen molar-refractivity contribution in [2.45, 2.75) is 76.8 Å². The van der Waals surface area contributed by atoms with Crippen molar-refractivity contribution < 1.29 is 14.0 Å². The number of benzene rings is 1. The van der Waals surface area contributed by atoms with Crippen LogP contribution in [0.5, 0.6) is 0 Å². The van der Waals surface area contributed by atoms with Crippen LogP contribution < -0.4 is 5.46 Å². The highest BCUT2D eigenvalue weighted by Gasteiger charge is 2.56. The minimum atomic E-state index is -0.304. The molecule has 0 amide bonds. The molecule has 244 valence electrons. The van der Waals surface area contributed by atoms with Crippen molar-refractivity contribution >= 4 is 204 Å². The maximum Gasteiger partial charge on any atom is 0.494 e. The van der Waals surface area contributed by atoms with Crippen molar-refractivity contribution in [3.63, 3.8) is 0 Å². The zero-order chi connectivity index (χ0) is 31.4. The molecular weight excluding hydrogens is 948 g/mol. The van der Waals surface area contributed by atoms with Crippen molar-refractivity contribution in [2.24, 2.45) is 0 Å². The quantitative estimate of drug-likeness (QED) is 0.404. The Morgan fingerprint density at radius 1 is 0.535 bits per heavy atom. The molecule has 25 heteroatoms. The maximum absolute atomic E-state index is 6.34. The fourth-order valence-corrected chi connectivity index (χ4v) is 50.9. The van der Waals surface area contributed by atoms with E-state index in [1.807, 2.05) is 0 Å². The number of rotatable bonds is 1. The highest BCUT2D eigenvalue weighted by Crippen LogP contribution is 2.57. The first-order chi connectivity index (χ1) is 20.5. The third-order valence-corrected chi connectivity index (χ3v) is 46.7. The summed E-state index contributed by atoms with van der Waals surface area (Å²) in [5, 5.41) is 0. The normalized spacial score (nSPS) is 22.9. The minimum absolute atomic E-state index is 0.113. The Morgan fingerprint density at radius 2 is 0.884 bits per heavy atom. The molecule has 0 saturated carbocycles. The van der Waals surface area contributed by atoms with E-state index in [1.165, 1.54) is 28.9 Å². The fourth-order valence-electron chi connectivity index (χ4n) is 4.23. The van der Waals surface area contributed by atoms with E-state index in [-0.39, 0.29) is 29.5 Å². The van der Waals surface area contributed by atoms with E-state index in [0.29, 0.717) is 0 Å². The molecule has 1 aromatic rings. The summed E-state index contributed by atoms with van der Waals surface area (Å²) in [6.07, 6.45) is 2.19. The average molecular weight is 974 g/mol. The average Bonchev–Trinajstić information content (AvgIpc) is 3.50. The summed E-state index contributed by atoms with van der Waals surface area (Å²) >= 11 is 9.52. The van der Waals surface area contributed by atoms with E-state index in [1.54, 1.807) is 151 Å². The second-order valence-electron chi connectivity index (χ2n) is 9.75. The van der Waals surface area contributed by atoms with Crippen LogP contribution in [0.1, 0.15) is 65.5 Å². The lowest BCUT2D eigenvalue weighted by Crippen LogP contribution is -2.41. The molecule has 3 nitrogen and oxygen atoms in total. The van der Waals surface area contributed by atoms with Gasteiger partial charge in [-0.25, -0.2) is 0 Å². The van der Waals surface area contributed by atoms with Gasteiger partial charge in [0.25, 0.3) is 0 Å². The van der Waals surface area contributed by atoms with Gasteiger partial charge < -0.3 is 14.0 Å². The Hall–Kier alpha value is 3.78. The van der Waals surface area contributed by atoms with Gasteiger partial charge in [-0.05, 0) is 71.0 Å². The first-order valence-corrected chi connectivity index (χ1v) is 38.3. The Kier molecular flexibility index (Phi) is 19.7. The first-order valence-electron chi connectivity index (χ1n) is 11.6. The highest BCUT2D eigenvalue weighted by molar-refractivity contribution is 8.78. The van der Waals surface area contributed by atoms with Gasteiger partial charge >= 0.3 is 7.12 Å². The molecular formula is C18H25BO3S21. The molecule has 1 aromatic carbocycles. The molecule has 0 N–H and O–H groups in total. The monoisotopic (exact) mass is 972 g/mol. The minimum Gasteiger partial charge on any atom is -0.399 e. The summed E-state index contributed by atoms with van der Waals surface area (Å²) in [5.41, 5.74) is 2.88. The lowest BCUT2D eigenvalue weighted by atomic mass is 9.72. The summed E-state index contributed by atoms with van der Waals surface area (Å²) in [7, 11) is 32.3. The SMILES string of the molecule is CC12CCC(C)(O1)c1cc(B3OC(C)(C)C(C)(C)O3)ccc12.S=S=S=S=S=S=S=S=S=S=S=S=S=S=S=S=S=S=S=S=S. The van der Waals surface area contributed by atoms with Crippen molar-refractivity contribution in [2.75, 3.05) is 0 Å². The fraction of sp³-hybridized carbons (Fsp3) is 0.667. The standard InChI is InChI=1S/C18H25BO3.S21/c1-15(2)16(3,4)22-19(21-15)12-7-8-13-14(11-12)18(6)10-9-17(13,5)20-18;1-3-5-7-9-11-13-15-17-19-21-20-18-16-14-12-10-8-6-4-2/h7-8,11H,9-10H2,1-6H3;. The molecule has 3 aliphatic heterocycles. The topological polar surface area (TPSA) is 27.7 Å². The van der Waals surface area contributed by atoms with Crippen LogP contribution in [0.2, 0.25) is 0 Å². The Morgan fingerprint density at radius 3 is 1.26 bits per heavy atom. The van der Waals surface area contributed by atoms with E-state index in [4.69, 9.17) is 36.4 Å². The number of hydrogen-bond acceptors (Lipinski definition) is 5. The lowest BCUT2D eigenvalue weighted by molar-refractivity contribution is -0.0662. The van der Waals surface area contributed by atoms with Gasteiger partial charge in [0, 0.05) is 191 Å². The Balaban J connectivity index is 0.000000236. The van der Waals surface area contributed by atoms with Gasteiger partial charge in [0.1, 0.15) is 0 Å². The van der Waals surface area contributed by atoms with Gasteiger partial charge in [0.05, 0.1) is 22.4 Å². The van der Waals surface area contributed by atoms with Gasteiger partial charge in [-0.1, -0.05) is 18.2 Å². The summed E-state index contributed by atoms with van der Waals surface area (Å²) in [4.78, 5) is 0. The predicted octanol–water partition coefficient (Wildman–Crippen LogP) is 3.19. The van der Waals surface area contributed by atoms with Crippen LogP contribution in [0.4, 0.5) is 0 Å². The molecule has 0 aromatic heterocycles. The van der Waals surface area contributed by atoms with E-state index in [9.17, 15) is 0 Å². The molecule has 3 heterocycles. The van der Waals surface area contributed by atoms with E-state index in [0.717, 1.165) is 18.3 Å². The van der Waals surface area contributed by atoms with Crippen molar-refractivity contribution in [3.05, 3.63) is 29.3 Å². The second kappa shape index (κ2) is 20.6. The maximum atomic E-state index is 6.34.